The van der Waals surface area contributed by atoms with Crippen molar-refractivity contribution in [1.82, 2.24) is 9.97 Å². The number of nitrogens with one attached hydrogen (secondary N) is 2. The topological polar surface area (TPSA) is 44.0 Å². The first-order valence-corrected chi connectivity index (χ1v) is 4.97. The molecule has 0 saturated carbocycles. The molecule has 1 aromatic heterocycles. The number of hydrogen-bond acceptors (Lipinski definition) is 3. The summed E-state index contributed by atoms with van der Waals surface area (Å²) in [5, 5.41) is 1.38. The molecule has 17 heavy (non-hydrogen) atoms. The Morgan fingerprint density at radius 1 is 1.24 bits per heavy atom. The van der Waals surface area contributed by atoms with Crippen molar-refractivity contribution in [2.45, 2.75) is 0 Å². The van der Waals surface area contributed by atoms with Crippen LogP contribution in [0.5, 0.6) is 0 Å². The fourth-order valence-corrected chi connectivity index (χ4v) is 1.64. The number of halogens is 2. The molecule has 1 aliphatic heterocycles. The molecule has 2 N–H and O–H groups in total. The molecule has 0 amide bonds. The van der Waals surface area contributed by atoms with Crippen molar-refractivity contribution in [3.05, 3.63) is 48.1 Å². The Hall–Kier alpha value is -2.37. The van der Waals surface area contributed by atoms with E-state index < -0.39 is 11.6 Å². The van der Waals surface area contributed by atoms with E-state index in [0.29, 0.717) is 5.82 Å². The molecule has 0 aliphatic carbocycles. The molecule has 0 unspecified atom stereocenters. The van der Waals surface area contributed by atoms with E-state index in [-0.39, 0.29) is 5.69 Å². The third kappa shape index (κ3) is 1.54. The van der Waals surface area contributed by atoms with Crippen LogP contribution in [-0.2, 0) is 0 Å². The number of nitrogens with zero attached hydrogens (tertiary/aromatic N) is 2. The van der Waals surface area contributed by atoms with Crippen molar-refractivity contribution in [3.63, 3.8) is 0 Å². The molecular weight excluding hydrogens is 226 g/mol. The van der Waals surface area contributed by atoms with Gasteiger partial charge in [-0.25, -0.2) is 13.8 Å². The normalized spacial score (nSPS) is 13.4. The lowest BCUT2D eigenvalue weighted by molar-refractivity contribution is 0.509. The van der Waals surface area contributed by atoms with Crippen LogP contribution >= 0.6 is 0 Å². The SMILES string of the molecule is Fc1cccc(N2C=Cc3[nH]cnc3N2)c1F. The van der Waals surface area contributed by atoms with E-state index in [2.05, 4.69) is 15.4 Å². The van der Waals surface area contributed by atoms with Crippen LogP contribution in [0.3, 0.4) is 0 Å². The fourth-order valence-electron chi connectivity index (χ4n) is 1.64. The maximum Gasteiger partial charge on any atom is 0.184 e. The monoisotopic (exact) mass is 234 g/mol. The quantitative estimate of drug-likeness (QED) is 0.796. The van der Waals surface area contributed by atoms with Crippen molar-refractivity contribution >= 4 is 17.6 Å². The van der Waals surface area contributed by atoms with Crippen molar-refractivity contribution < 1.29 is 8.78 Å². The van der Waals surface area contributed by atoms with E-state index in [9.17, 15) is 8.78 Å². The summed E-state index contributed by atoms with van der Waals surface area (Å²) < 4.78 is 26.7. The highest BCUT2D eigenvalue weighted by molar-refractivity contribution is 5.70. The Bertz CT molecular complexity index is 591. The van der Waals surface area contributed by atoms with Crippen molar-refractivity contribution in [3.8, 4) is 0 Å². The third-order valence-electron chi connectivity index (χ3n) is 2.48. The van der Waals surface area contributed by atoms with Crippen LogP contribution in [0.15, 0.2) is 30.7 Å². The first kappa shape index (κ1) is 9.83. The molecule has 1 aromatic carbocycles. The van der Waals surface area contributed by atoms with Gasteiger partial charge in [-0.1, -0.05) is 6.07 Å². The minimum absolute atomic E-state index is 0.106. The molecule has 2 aromatic rings. The van der Waals surface area contributed by atoms with Gasteiger partial charge in [0.25, 0.3) is 0 Å². The van der Waals surface area contributed by atoms with Crippen LogP contribution in [-0.4, -0.2) is 9.97 Å². The molecule has 0 bridgehead atoms. The predicted octanol–water partition coefficient (Wildman–Crippen LogP) is 2.51. The molecule has 0 atom stereocenters. The number of anilines is 2. The van der Waals surface area contributed by atoms with Crippen LogP contribution in [0.25, 0.3) is 6.08 Å². The van der Waals surface area contributed by atoms with Crippen LogP contribution in [0, 0.1) is 11.6 Å². The summed E-state index contributed by atoms with van der Waals surface area (Å²) in [6.07, 6.45) is 4.84. The maximum atomic E-state index is 13.6. The minimum Gasteiger partial charge on any atom is -0.343 e. The number of hydrazine groups is 1. The molecule has 2 heterocycles. The number of fused-ring (bicyclic) bond motifs is 1. The highest BCUT2D eigenvalue weighted by atomic mass is 19.2. The van der Waals surface area contributed by atoms with Gasteiger partial charge in [0.2, 0.25) is 0 Å². The zero-order valence-electron chi connectivity index (χ0n) is 8.61. The number of H-pyrrole nitrogens is 1. The Labute approximate surface area is 95.6 Å². The smallest absolute Gasteiger partial charge is 0.184 e. The lowest BCUT2D eigenvalue weighted by atomic mass is 10.2. The molecule has 0 fully saturated rings. The van der Waals surface area contributed by atoms with Crippen molar-refractivity contribution in [1.29, 1.82) is 0 Å². The summed E-state index contributed by atoms with van der Waals surface area (Å²) in [5.74, 6) is -1.22. The highest BCUT2D eigenvalue weighted by Crippen LogP contribution is 2.26. The number of aromatic nitrogens is 2. The molecular formula is C11H8F2N4. The number of hydrogen-bond donors (Lipinski definition) is 2. The van der Waals surface area contributed by atoms with E-state index in [0.717, 1.165) is 11.8 Å². The minimum atomic E-state index is -0.899. The maximum absolute atomic E-state index is 13.6. The molecule has 1 aliphatic rings. The standard InChI is InChI=1S/C11H8F2N4/c12-7-2-1-3-9(10(7)13)17-5-4-8-11(16-17)15-6-14-8/h1-6,16H,(H,14,15). The summed E-state index contributed by atoms with van der Waals surface area (Å²) in [7, 11) is 0. The zero-order valence-corrected chi connectivity index (χ0v) is 8.61. The molecule has 4 nitrogen and oxygen atoms in total. The fraction of sp³-hybridized carbons (Fsp3) is 0. The van der Waals surface area contributed by atoms with E-state index in [1.807, 2.05) is 0 Å². The van der Waals surface area contributed by atoms with Crippen LogP contribution < -0.4 is 10.4 Å². The highest BCUT2D eigenvalue weighted by Gasteiger charge is 2.17. The average Bonchev–Trinajstić information content (AvgIpc) is 2.79. The lowest BCUT2D eigenvalue weighted by Gasteiger charge is -2.24. The molecule has 0 saturated heterocycles. The molecule has 6 heteroatoms. The first-order valence-electron chi connectivity index (χ1n) is 4.97. The van der Waals surface area contributed by atoms with Gasteiger partial charge < -0.3 is 4.98 Å². The van der Waals surface area contributed by atoms with E-state index in [1.165, 1.54) is 23.5 Å². The first-order chi connectivity index (χ1) is 8.25. The second-order valence-corrected chi connectivity index (χ2v) is 3.54. The van der Waals surface area contributed by atoms with Crippen LogP contribution in [0.4, 0.5) is 20.3 Å². The molecule has 0 spiro atoms. The van der Waals surface area contributed by atoms with Gasteiger partial charge in [-0.05, 0) is 18.2 Å². The molecule has 3 rings (SSSR count). The summed E-state index contributed by atoms with van der Waals surface area (Å²) >= 11 is 0. The van der Waals surface area contributed by atoms with Gasteiger partial charge in [0.05, 0.1) is 12.0 Å². The van der Waals surface area contributed by atoms with Crippen LogP contribution in [0.1, 0.15) is 5.69 Å². The Morgan fingerprint density at radius 2 is 2.12 bits per heavy atom. The molecule has 0 radical (unpaired) electrons. The van der Waals surface area contributed by atoms with Crippen molar-refractivity contribution in [2.24, 2.45) is 0 Å². The van der Waals surface area contributed by atoms with Gasteiger partial charge in [-0.3, -0.25) is 10.4 Å². The van der Waals surface area contributed by atoms with E-state index in [4.69, 9.17) is 0 Å². The van der Waals surface area contributed by atoms with Gasteiger partial charge in [-0.15, -0.1) is 0 Å². The largest absolute Gasteiger partial charge is 0.343 e. The Kier molecular flexibility index (Phi) is 2.07. The van der Waals surface area contributed by atoms with E-state index >= 15 is 0 Å². The number of aromatic amines is 1. The van der Waals surface area contributed by atoms with Crippen LogP contribution in [0.2, 0.25) is 0 Å². The Morgan fingerprint density at radius 3 is 3.00 bits per heavy atom. The average molecular weight is 234 g/mol. The lowest BCUT2D eigenvalue weighted by Crippen LogP contribution is -2.27. The summed E-state index contributed by atoms with van der Waals surface area (Å²) in [6.45, 7) is 0. The number of benzene rings is 1. The second-order valence-electron chi connectivity index (χ2n) is 3.54. The zero-order chi connectivity index (χ0) is 11.8. The number of rotatable bonds is 1. The van der Waals surface area contributed by atoms with Gasteiger partial charge in [-0.2, -0.15) is 0 Å². The van der Waals surface area contributed by atoms with Gasteiger partial charge >= 0.3 is 0 Å². The Balaban J connectivity index is 2.00. The second kappa shape index (κ2) is 3.58. The molecule has 86 valence electrons. The van der Waals surface area contributed by atoms with Crippen molar-refractivity contribution in [2.75, 3.05) is 10.4 Å². The summed E-state index contributed by atoms with van der Waals surface area (Å²) in [5.41, 5.74) is 3.76. The summed E-state index contributed by atoms with van der Waals surface area (Å²) in [6, 6.07) is 4.00. The van der Waals surface area contributed by atoms with Gasteiger partial charge in [0.15, 0.2) is 17.5 Å². The predicted molar refractivity (Wildman–Crippen MR) is 60.1 cm³/mol. The van der Waals surface area contributed by atoms with E-state index in [1.54, 1.807) is 12.3 Å². The summed E-state index contributed by atoms with van der Waals surface area (Å²) in [4.78, 5) is 6.91. The number of imidazole rings is 1. The van der Waals surface area contributed by atoms with Gasteiger partial charge in [0, 0.05) is 6.20 Å². The third-order valence-corrected chi connectivity index (χ3v) is 2.48. The van der Waals surface area contributed by atoms with Gasteiger partial charge in [0.1, 0.15) is 5.69 Å².